The van der Waals surface area contributed by atoms with Crippen LogP contribution in [0.3, 0.4) is 0 Å². The van der Waals surface area contributed by atoms with E-state index in [-0.39, 0.29) is 16.6 Å². The molecule has 0 radical (unpaired) electrons. The van der Waals surface area contributed by atoms with E-state index in [1.807, 2.05) is 0 Å². The summed E-state index contributed by atoms with van der Waals surface area (Å²) >= 11 is 0. The van der Waals surface area contributed by atoms with Crippen molar-refractivity contribution in [3.8, 4) is 0 Å². The summed E-state index contributed by atoms with van der Waals surface area (Å²) in [7, 11) is 0. The molecule has 148 valence electrons. The normalized spacial score (nSPS) is 13.1. The number of halogens is 7. The van der Waals surface area contributed by atoms with Gasteiger partial charge in [0.2, 0.25) is 0 Å². The quantitative estimate of drug-likeness (QED) is 0.432. The predicted molar refractivity (Wildman–Crippen MR) is 85.4 cm³/mol. The molecule has 0 fully saturated rings. The van der Waals surface area contributed by atoms with Crippen LogP contribution in [0, 0.1) is 0 Å². The molecule has 1 aromatic heterocycles. The van der Waals surface area contributed by atoms with Crippen molar-refractivity contribution >= 4 is 16.8 Å². The number of ketones is 1. The number of hydrogen-bond acceptors (Lipinski definition) is 2. The first-order valence-electron chi connectivity index (χ1n) is 7.83. The molecular weight excluding hydrogens is 393 g/mol. The number of rotatable bonds is 5. The lowest BCUT2D eigenvalue weighted by Gasteiger charge is -2.28. The number of Topliss-reactive ketones (excluding diaryl/α,β-unsaturated/α-hetero) is 1. The summed E-state index contributed by atoms with van der Waals surface area (Å²) in [5, 5.41) is 0. The van der Waals surface area contributed by atoms with Crippen LogP contribution < -0.4 is 0 Å². The molecule has 0 unspecified atom stereocenters. The second-order valence-corrected chi connectivity index (χ2v) is 5.95. The fourth-order valence-corrected chi connectivity index (χ4v) is 2.65. The van der Waals surface area contributed by atoms with Crippen molar-refractivity contribution in [3.63, 3.8) is 0 Å². The molecule has 0 atom stereocenters. The third-order valence-electron chi connectivity index (χ3n) is 4.08. The number of carbonyl (C=O) groups excluding carboxylic acids is 1. The van der Waals surface area contributed by atoms with E-state index in [4.69, 9.17) is 0 Å². The van der Waals surface area contributed by atoms with Gasteiger partial charge in [-0.2, -0.15) is 30.7 Å². The molecule has 0 aliphatic rings. The smallest absolute Gasteiger partial charge is 0.315 e. The Balaban J connectivity index is 2.16. The Morgan fingerprint density at radius 1 is 0.857 bits per heavy atom. The average Bonchev–Trinajstić information content (AvgIpc) is 3.00. The maximum atomic E-state index is 14.3. The van der Waals surface area contributed by atoms with Crippen LogP contribution in [0.2, 0.25) is 0 Å². The van der Waals surface area contributed by atoms with Crippen molar-refractivity contribution in [1.82, 2.24) is 9.55 Å². The highest BCUT2D eigenvalue weighted by molar-refractivity contribution is 5.96. The molecule has 1 heterocycles. The van der Waals surface area contributed by atoms with Crippen LogP contribution in [0.25, 0.3) is 11.0 Å². The standard InChI is InChI=1S/C18H11F7N2O/c19-16(20,17(21,22)18(23,24)25)15-26-12-8-4-5-9-13(12)27(15)10-14(28)11-6-2-1-3-7-11/h1-9H,10H2. The van der Waals surface area contributed by atoms with Crippen molar-refractivity contribution in [3.05, 3.63) is 66.0 Å². The molecule has 0 spiro atoms. The van der Waals surface area contributed by atoms with Gasteiger partial charge in [0.1, 0.15) is 0 Å². The van der Waals surface area contributed by atoms with Crippen LogP contribution in [-0.2, 0) is 12.5 Å². The summed E-state index contributed by atoms with van der Waals surface area (Å²) in [6.07, 6.45) is -6.51. The summed E-state index contributed by atoms with van der Waals surface area (Å²) in [5.41, 5.74) is -0.326. The van der Waals surface area contributed by atoms with Gasteiger partial charge in [0.25, 0.3) is 0 Å². The Morgan fingerprint density at radius 3 is 2.04 bits per heavy atom. The topological polar surface area (TPSA) is 34.9 Å². The van der Waals surface area contributed by atoms with Gasteiger partial charge in [0, 0.05) is 5.56 Å². The average molecular weight is 404 g/mol. The van der Waals surface area contributed by atoms with Crippen molar-refractivity contribution in [2.24, 2.45) is 0 Å². The van der Waals surface area contributed by atoms with Gasteiger partial charge in [-0.05, 0) is 12.1 Å². The van der Waals surface area contributed by atoms with E-state index in [0.29, 0.717) is 4.57 Å². The molecule has 0 N–H and O–H groups in total. The molecule has 3 nitrogen and oxygen atoms in total. The zero-order chi connectivity index (χ0) is 20.7. The largest absolute Gasteiger partial charge is 0.460 e. The Kier molecular flexibility index (Phi) is 4.68. The molecule has 3 rings (SSSR count). The van der Waals surface area contributed by atoms with E-state index in [9.17, 15) is 35.5 Å². The second kappa shape index (κ2) is 6.61. The lowest BCUT2D eigenvalue weighted by atomic mass is 10.1. The predicted octanol–water partition coefficient (Wildman–Crippen LogP) is 5.21. The third kappa shape index (κ3) is 3.12. The minimum Gasteiger partial charge on any atom is -0.315 e. The van der Waals surface area contributed by atoms with E-state index in [1.165, 1.54) is 48.5 Å². The highest BCUT2D eigenvalue weighted by atomic mass is 19.4. The summed E-state index contributed by atoms with van der Waals surface area (Å²) in [6, 6.07) is 12.4. The Hall–Kier alpha value is -2.91. The number of para-hydroxylation sites is 2. The van der Waals surface area contributed by atoms with Gasteiger partial charge in [-0.25, -0.2) is 4.98 Å². The number of imidazole rings is 1. The summed E-state index contributed by atoms with van der Waals surface area (Å²) in [4.78, 5) is 15.7. The zero-order valence-electron chi connectivity index (χ0n) is 13.9. The van der Waals surface area contributed by atoms with Gasteiger partial charge < -0.3 is 4.57 Å². The van der Waals surface area contributed by atoms with Crippen LogP contribution in [0.5, 0.6) is 0 Å². The SMILES string of the molecule is O=C(Cn1c(C(F)(F)C(F)(F)C(F)(F)F)nc2ccccc21)c1ccccc1. The molecule has 0 aliphatic heterocycles. The lowest BCUT2D eigenvalue weighted by molar-refractivity contribution is -0.361. The van der Waals surface area contributed by atoms with Gasteiger partial charge in [-0.15, -0.1) is 0 Å². The maximum Gasteiger partial charge on any atom is 0.460 e. The number of aromatic nitrogens is 2. The minimum atomic E-state index is -6.51. The number of nitrogens with zero attached hydrogens (tertiary/aromatic N) is 2. The summed E-state index contributed by atoms with van der Waals surface area (Å²) in [5.74, 6) is -14.7. The van der Waals surface area contributed by atoms with E-state index < -0.39 is 36.2 Å². The number of hydrogen-bond donors (Lipinski definition) is 0. The fourth-order valence-electron chi connectivity index (χ4n) is 2.65. The van der Waals surface area contributed by atoms with Crippen LogP contribution >= 0.6 is 0 Å². The maximum absolute atomic E-state index is 14.3. The Morgan fingerprint density at radius 2 is 1.43 bits per heavy atom. The van der Waals surface area contributed by atoms with Gasteiger partial charge >= 0.3 is 18.0 Å². The van der Waals surface area contributed by atoms with E-state index in [1.54, 1.807) is 6.07 Å². The molecule has 10 heteroatoms. The highest BCUT2D eigenvalue weighted by Crippen LogP contribution is 2.51. The van der Waals surface area contributed by atoms with Gasteiger partial charge in [0.05, 0.1) is 17.6 Å². The van der Waals surface area contributed by atoms with Crippen LogP contribution in [0.4, 0.5) is 30.7 Å². The first-order chi connectivity index (χ1) is 13.0. The highest BCUT2D eigenvalue weighted by Gasteiger charge is 2.75. The Bertz CT molecular complexity index is 1010. The van der Waals surface area contributed by atoms with E-state index >= 15 is 0 Å². The fraction of sp³-hybridized carbons (Fsp3) is 0.222. The van der Waals surface area contributed by atoms with Gasteiger partial charge in [0.15, 0.2) is 11.6 Å². The third-order valence-corrected chi connectivity index (χ3v) is 4.08. The molecular formula is C18H11F7N2O. The molecule has 28 heavy (non-hydrogen) atoms. The van der Waals surface area contributed by atoms with Crippen LogP contribution in [0.15, 0.2) is 54.6 Å². The van der Waals surface area contributed by atoms with Crippen molar-refractivity contribution in [2.45, 2.75) is 24.6 Å². The molecule has 0 bridgehead atoms. The number of carbonyl (C=O) groups is 1. The molecule has 3 aromatic rings. The first-order valence-corrected chi connectivity index (χ1v) is 7.83. The molecule has 0 saturated carbocycles. The van der Waals surface area contributed by atoms with E-state index in [0.717, 1.165) is 0 Å². The molecule has 0 amide bonds. The monoisotopic (exact) mass is 404 g/mol. The number of benzene rings is 2. The summed E-state index contributed by atoms with van der Waals surface area (Å²) in [6.45, 7) is -0.886. The second-order valence-electron chi connectivity index (χ2n) is 5.95. The first kappa shape index (κ1) is 19.8. The molecule has 2 aromatic carbocycles. The van der Waals surface area contributed by atoms with Gasteiger partial charge in [-0.1, -0.05) is 42.5 Å². The zero-order valence-corrected chi connectivity index (χ0v) is 13.9. The van der Waals surface area contributed by atoms with E-state index in [2.05, 4.69) is 4.98 Å². The minimum absolute atomic E-state index is 0.0807. The molecule has 0 saturated heterocycles. The Labute approximate surface area is 153 Å². The number of fused-ring (bicyclic) bond motifs is 1. The van der Waals surface area contributed by atoms with Crippen LogP contribution in [0.1, 0.15) is 16.2 Å². The van der Waals surface area contributed by atoms with Crippen LogP contribution in [-0.4, -0.2) is 27.4 Å². The van der Waals surface area contributed by atoms with Gasteiger partial charge in [-0.3, -0.25) is 4.79 Å². The van der Waals surface area contributed by atoms with Crippen molar-refractivity contribution < 1.29 is 35.5 Å². The lowest BCUT2D eigenvalue weighted by Crippen LogP contribution is -2.51. The number of alkyl halides is 7. The molecule has 0 aliphatic carbocycles. The van der Waals surface area contributed by atoms with Crippen molar-refractivity contribution in [2.75, 3.05) is 0 Å². The van der Waals surface area contributed by atoms with Crippen molar-refractivity contribution in [1.29, 1.82) is 0 Å². The summed E-state index contributed by atoms with van der Waals surface area (Å²) < 4.78 is 93.9.